The molecule has 9 heteroatoms. The maximum Gasteiger partial charge on any atom is 0.239 e. The number of hydrogen-bond acceptors (Lipinski definition) is 7. The van der Waals surface area contributed by atoms with Crippen LogP contribution in [-0.2, 0) is 9.59 Å². The van der Waals surface area contributed by atoms with E-state index in [-0.39, 0.29) is 29.8 Å². The first-order chi connectivity index (χ1) is 13.0. The molecule has 3 saturated heterocycles. The van der Waals surface area contributed by atoms with Crippen LogP contribution in [0.3, 0.4) is 0 Å². The molecule has 1 N–H and O–H groups in total. The Balaban J connectivity index is 1.32. The van der Waals surface area contributed by atoms with Crippen LogP contribution in [0.2, 0.25) is 0 Å². The van der Waals surface area contributed by atoms with Gasteiger partial charge in [-0.25, -0.2) is 4.98 Å². The summed E-state index contributed by atoms with van der Waals surface area (Å²) < 4.78 is 4.24. The van der Waals surface area contributed by atoms with Crippen LogP contribution in [0.4, 0.5) is 5.13 Å². The highest BCUT2D eigenvalue weighted by Gasteiger charge is 2.42. The van der Waals surface area contributed by atoms with Crippen LogP contribution in [0, 0.1) is 12.8 Å². The summed E-state index contributed by atoms with van der Waals surface area (Å²) in [5.74, 6) is 1.04. The van der Waals surface area contributed by atoms with Gasteiger partial charge in [0.05, 0.1) is 12.0 Å². The van der Waals surface area contributed by atoms with Gasteiger partial charge in [0.2, 0.25) is 16.9 Å². The first-order valence-corrected chi connectivity index (χ1v) is 10.7. The molecule has 3 fully saturated rings. The molecule has 4 rings (SSSR count). The molecule has 3 atom stereocenters. The number of anilines is 1. The summed E-state index contributed by atoms with van der Waals surface area (Å²) in [5, 5.41) is 4.31. The number of likely N-dealkylation sites (tertiary alicyclic amines) is 1. The summed E-state index contributed by atoms with van der Waals surface area (Å²) in [6, 6.07) is -0.171. The standard InChI is InChI=1S/C18H28N6O2S/c1-12-14(11-15(19-12)17(26)22-5-3-4-6-22)16(25)23-7-9-24(10-8-23)18-20-13(2)21-27-18/h12,14-15,19H,3-11H2,1-2H3/t12-,14-,15-/m0/s1. The monoisotopic (exact) mass is 392 g/mol. The van der Waals surface area contributed by atoms with E-state index in [0.717, 1.165) is 50.0 Å². The molecule has 1 aromatic rings. The van der Waals surface area contributed by atoms with Crippen molar-refractivity contribution >= 4 is 28.5 Å². The topological polar surface area (TPSA) is 81.7 Å². The minimum Gasteiger partial charge on any atom is -0.343 e. The molecule has 1 aromatic heterocycles. The lowest BCUT2D eigenvalue weighted by Crippen LogP contribution is -2.51. The number of carbonyl (C=O) groups is 2. The minimum absolute atomic E-state index is 0.0397. The second kappa shape index (κ2) is 7.71. The van der Waals surface area contributed by atoms with Gasteiger partial charge in [0.15, 0.2) is 0 Å². The smallest absolute Gasteiger partial charge is 0.239 e. The number of carbonyl (C=O) groups excluding carboxylic acids is 2. The Morgan fingerprint density at radius 3 is 2.33 bits per heavy atom. The van der Waals surface area contributed by atoms with Gasteiger partial charge in [-0.3, -0.25) is 9.59 Å². The predicted octanol–water partition coefficient (Wildman–Crippen LogP) is 0.484. The van der Waals surface area contributed by atoms with Crippen molar-refractivity contribution in [3.8, 4) is 0 Å². The first-order valence-electron chi connectivity index (χ1n) is 9.92. The molecule has 0 radical (unpaired) electrons. The van der Waals surface area contributed by atoms with E-state index >= 15 is 0 Å². The predicted molar refractivity (Wildman–Crippen MR) is 104 cm³/mol. The van der Waals surface area contributed by atoms with Crippen molar-refractivity contribution in [3.05, 3.63) is 5.82 Å². The number of nitrogens with one attached hydrogen (secondary N) is 1. The van der Waals surface area contributed by atoms with Gasteiger partial charge < -0.3 is 20.0 Å². The van der Waals surface area contributed by atoms with Crippen LogP contribution in [-0.4, -0.2) is 82.3 Å². The third-order valence-corrected chi connectivity index (χ3v) is 6.84. The van der Waals surface area contributed by atoms with Gasteiger partial charge in [0.25, 0.3) is 0 Å². The lowest BCUT2D eigenvalue weighted by molar-refractivity contribution is -0.136. The highest BCUT2D eigenvalue weighted by Crippen LogP contribution is 2.26. The maximum absolute atomic E-state index is 13.1. The van der Waals surface area contributed by atoms with Crippen LogP contribution >= 0.6 is 11.5 Å². The molecule has 0 aliphatic carbocycles. The molecular weight excluding hydrogens is 364 g/mol. The molecule has 0 unspecified atom stereocenters. The van der Waals surface area contributed by atoms with Crippen molar-refractivity contribution in [1.82, 2.24) is 24.5 Å². The van der Waals surface area contributed by atoms with Crippen LogP contribution < -0.4 is 10.2 Å². The van der Waals surface area contributed by atoms with Gasteiger partial charge in [0.1, 0.15) is 5.82 Å². The first kappa shape index (κ1) is 18.6. The van der Waals surface area contributed by atoms with E-state index in [0.29, 0.717) is 19.5 Å². The van der Waals surface area contributed by atoms with E-state index in [1.54, 1.807) is 0 Å². The lowest BCUT2D eigenvalue weighted by Gasteiger charge is -2.36. The summed E-state index contributed by atoms with van der Waals surface area (Å²) in [6.45, 7) is 8.61. The van der Waals surface area contributed by atoms with Crippen LogP contribution in [0.5, 0.6) is 0 Å². The molecule has 2 amide bonds. The molecule has 0 bridgehead atoms. The van der Waals surface area contributed by atoms with Gasteiger partial charge in [-0.2, -0.15) is 4.37 Å². The highest BCUT2D eigenvalue weighted by molar-refractivity contribution is 7.09. The number of aromatic nitrogens is 2. The average Bonchev–Trinajstić information content (AvgIpc) is 3.42. The Morgan fingerprint density at radius 1 is 1.04 bits per heavy atom. The van der Waals surface area contributed by atoms with Gasteiger partial charge >= 0.3 is 0 Å². The summed E-state index contributed by atoms with van der Waals surface area (Å²) in [6.07, 6.45) is 2.80. The molecule has 8 nitrogen and oxygen atoms in total. The Bertz CT molecular complexity index is 696. The molecule has 3 aliphatic rings. The summed E-state index contributed by atoms with van der Waals surface area (Å²) >= 11 is 1.42. The van der Waals surface area contributed by atoms with Crippen LogP contribution in [0.1, 0.15) is 32.0 Å². The van der Waals surface area contributed by atoms with Crippen molar-refractivity contribution in [2.24, 2.45) is 5.92 Å². The second-order valence-corrected chi connectivity index (χ2v) is 8.55. The number of aryl methyl sites for hydroxylation is 1. The fourth-order valence-corrected chi connectivity index (χ4v) is 5.10. The largest absolute Gasteiger partial charge is 0.343 e. The number of rotatable bonds is 3. The van der Waals surface area contributed by atoms with Crippen molar-refractivity contribution in [2.75, 3.05) is 44.2 Å². The van der Waals surface area contributed by atoms with Gasteiger partial charge in [0, 0.05) is 56.8 Å². The van der Waals surface area contributed by atoms with E-state index < -0.39 is 0 Å². The van der Waals surface area contributed by atoms with E-state index in [1.807, 2.05) is 23.6 Å². The van der Waals surface area contributed by atoms with Crippen molar-refractivity contribution in [3.63, 3.8) is 0 Å². The Kier molecular flexibility index (Phi) is 5.32. The number of nitrogens with zero attached hydrogens (tertiary/aromatic N) is 5. The number of piperazine rings is 1. The molecule has 0 saturated carbocycles. The van der Waals surface area contributed by atoms with E-state index in [1.165, 1.54) is 11.5 Å². The third-order valence-electron chi connectivity index (χ3n) is 5.97. The molecule has 0 spiro atoms. The second-order valence-electron chi connectivity index (χ2n) is 7.82. The fraction of sp³-hybridized carbons (Fsp3) is 0.778. The highest BCUT2D eigenvalue weighted by atomic mass is 32.1. The normalized spacial score (nSPS) is 28.8. The summed E-state index contributed by atoms with van der Waals surface area (Å²) in [7, 11) is 0. The lowest BCUT2D eigenvalue weighted by atomic mass is 9.97. The molecule has 148 valence electrons. The van der Waals surface area contributed by atoms with E-state index in [9.17, 15) is 9.59 Å². The Labute approximate surface area is 164 Å². The Morgan fingerprint density at radius 2 is 1.70 bits per heavy atom. The molecular formula is C18H28N6O2S. The maximum atomic E-state index is 13.1. The average molecular weight is 393 g/mol. The zero-order valence-corrected chi connectivity index (χ0v) is 16.9. The van der Waals surface area contributed by atoms with E-state index in [2.05, 4.69) is 19.6 Å². The molecule has 0 aromatic carbocycles. The van der Waals surface area contributed by atoms with Gasteiger partial charge in [-0.15, -0.1) is 0 Å². The zero-order chi connectivity index (χ0) is 19.0. The quantitative estimate of drug-likeness (QED) is 0.806. The van der Waals surface area contributed by atoms with Crippen molar-refractivity contribution in [1.29, 1.82) is 0 Å². The van der Waals surface area contributed by atoms with E-state index in [4.69, 9.17) is 0 Å². The minimum atomic E-state index is -0.210. The molecule has 3 aliphatic heterocycles. The van der Waals surface area contributed by atoms with Crippen LogP contribution in [0.25, 0.3) is 0 Å². The van der Waals surface area contributed by atoms with Gasteiger partial charge in [-0.05, 0) is 33.1 Å². The Hall–Kier alpha value is -1.74. The van der Waals surface area contributed by atoms with Crippen LogP contribution in [0.15, 0.2) is 0 Å². The van der Waals surface area contributed by atoms with Gasteiger partial charge in [-0.1, -0.05) is 0 Å². The molecule has 4 heterocycles. The zero-order valence-electron chi connectivity index (χ0n) is 16.1. The summed E-state index contributed by atoms with van der Waals surface area (Å²) in [4.78, 5) is 36.3. The molecule has 27 heavy (non-hydrogen) atoms. The van der Waals surface area contributed by atoms with Crippen molar-refractivity contribution in [2.45, 2.75) is 45.2 Å². The SMILES string of the molecule is Cc1nsc(N2CCN(C(=O)[C@H]3C[C@@H](C(=O)N4CCCC4)N[C@H]3C)CC2)n1. The number of hydrogen-bond donors (Lipinski definition) is 1. The summed E-state index contributed by atoms with van der Waals surface area (Å²) in [5.41, 5.74) is 0. The third kappa shape index (κ3) is 3.80. The van der Waals surface area contributed by atoms with Crippen molar-refractivity contribution < 1.29 is 9.59 Å². The number of amides is 2. The fourth-order valence-electron chi connectivity index (χ4n) is 4.37.